The van der Waals surface area contributed by atoms with Crippen molar-refractivity contribution < 1.29 is 24.2 Å². The number of methoxy groups -OCH3 is 1. The molecule has 0 radical (unpaired) electrons. The summed E-state index contributed by atoms with van der Waals surface area (Å²) in [5.74, 6) is -1.03. The molecule has 7 heteroatoms. The van der Waals surface area contributed by atoms with Gasteiger partial charge >= 0.3 is 5.97 Å². The number of hydrogen-bond donors (Lipinski definition) is 3. The average Bonchev–Trinajstić information content (AvgIpc) is 2.79. The first-order chi connectivity index (χ1) is 9.13. The van der Waals surface area contributed by atoms with Crippen molar-refractivity contribution in [2.45, 2.75) is 6.04 Å². The van der Waals surface area contributed by atoms with Crippen molar-refractivity contribution in [3.05, 3.63) is 23.8 Å². The van der Waals surface area contributed by atoms with E-state index < -0.39 is 5.97 Å². The number of hydrogen-bond acceptors (Lipinski definition) is 6. The van der Waals surface area contributed by atoms with Crippen molar-refractivity contribution in [3.63, 3.8) is 0 Å². The van der Waals surface area contributed by atoms with Crippen LogP contribution in [0.15, 0.2) is 22.6 Å². The van der Waals surface area contributed by atoms with Gasteiger partial charge in [0.15, 0.2) is 5.58 Å². The lowest BCUT2D eigenvalue weighted by Gasteiger charge is -2.12. The molecule has 0 bridgehead atoms. The number of anilines is 1. The van der Waals surface area contributed by atoms with E-state index in [1.165, 1.54) is 19.2 Å². The number of oxazole rings is 1. The molecule has 0 spiro atoms. The molecule has 1 atom stereocenters. The number of carbonyl (C=O) groups is 1. The number of carboxylic acid groups (broad SMARTS) is 1. The van der Waals surface area contributed by atoms with E-state index >= 15 is 0 Å². The van der Waals surface area contributed by atoms with E-state index in [9.17, 15) is 4.79 Å². The summed E-state index contributed by atoms with van der Waals surface area (Å²) in [6.45, 7) is 0.169. The third-order valence-electron chi connectivity index (χ3n) is 2.55. The Kier molecular flexibility index (Phi) is 3.98. The van der Waals surface area contributed by atoms with E-state index in [1.807, 2.05) is 0 Å². The van der Waals surface area contributed by atoms with E-state index in [4.69, 9.17) is 19.4 Å². The average molecular weight is 266 g/mol. The van der Waals surface area contributed by atoms with Gasteiger partial charge in [-0.15, -0.1) is 0 Å². The van der Waals surface area contributed by atoms with E-state index in [-0.39, 0.29) is 24.2 Å². The minimum atomic E-state index is -1.03. The van der Waals surface area contributed by atoms with Gasteiger partial charge in [0.05, 0.1) is 24.8 Å². The molecule has 1 heterocycles. The molecule has 0 aliphatic carbocycles. The molecule has 3 N–H and O–H groups in total. The molecule has 0 aliphatic rings. The van der Waals surface area contributed by atoms with Crippen molar-refractivity contribution in [2.75, 3.05) is 25.6 Å². The Labute approximate surface area is 108 Å². The number of aliphatic hydroxyl groups excluding tert-OH is 1. The lowest BCUT2D eigenvalue weighted by molar-refractivity contribution is 0.0697. The van der Waals surface area contributed by atoms with Crippen LogP contribution in [0.1, 0.15) is 10.4 Å². The molecule has 0 amide bonds. The van der Waals surface area contributed by atoms with E-state index in [0.29, 0.717) is 17.7 Å². The highest BCUT2D eigenvalue weighted by molar-refractivity contribution is 5.92. The molecule has 1 aromatic heterocycles. The number of fused-ring (bicyclic) bond motifs is 1. The van der Waals surface area contributed by atoms with Crippen LogP contribution < -0.4 is 5.32 Å². The van der Waals surface area contributed by atoms with Crippen molar-refractivity contribution in [3.8, 4) is 0 Å². The molecule has 0 aliphatic heterocycles. The summed E-state index contributed by atoms with van der Waals surface area (Å²) in [7, 11) is 1.52. The molecule has 1 aromatic carbocycles. The summed E-state index contributed by atoms with van der Waals surface area (Å²) in [6, 6.07) is 4.30. The molecule has 2 rings (SSSR count). The number of aromatic nitrogens is 1. The van der Waals surface area contributed by atoms with Gasteiger partial charge < -0.3 is 24.7 Å². The normalized spacial score (nSPS) is 12.5. The second-order valence-corrected chi connectivity index (χ2v) is 3.99. The Morgan fingerprint density at radius 2 is 2.37 bits per heavy atom. The quantitative estimate of drug-likeness (QED) is 0.714. The summed E-state index contributed by atoms with van der Waals surface area (Å²) in [5.41, 5.74) is 1.05. The second kappa shape index (κ2) is 5.68. The summed E-state index contributed by atoms with van der Waals surface area (Å²) in [5, 5.41) is 20.9. The van der Waals surface area contributed by atoms with Gasteiger partial charge in [-0.05, 0) is 18.2 Å². The predicted octanol–water partition coefficient (Wildman–Crippen LogP) is 0.945. The van der Waals surface area contributed by atoms with Crippen LogP contribution in [0.25, 0.3) is 11.1 Å². The smallest absolute Gasteiger partial charge is 0.335 e. The molecular weight excluding hydrogens is 252 g/mol. The van der Waals surface area contributed by atoms with E-state index in [1.54, 1.807) is 6.07 Å². The van der Waals surface area contributed by atoms with Crippen molar-refractivity contribution in [1.82, 2.24) is 4.98 Å². The number of aliphatic hydroxyl groups is 1. The molecule has 1 unspecified atom stereocenters. The lowest BCUT2D eigenvalue weighted by atomic mass is 10.2. The summed E-state index contributed by atoms with van der Waals surface area (Å²) < 4.78 is 10.3. The van der Waals surface area contributed by atoms with Crippen molar-refractivity contribution >= 4 is 23.1 Å². The Morgan fingerprint density at radius 1 is 1.58 bits per heavy atom. The van der Waals surface area contributed by atoms with Crippen LogP contribution in [-0.4, -0.2) is 47.5 Å². The van der Waals surface area contributed by atoms with Crippen molar-refractivity contribution in [2.24, 2.45) is 0 Å². The fraction of sp³-hybridized carbons (Fsp3) is 0.333. The molecule has 19 heavy (non-hydrogen) atoms. The van der Waals surface area contributed by atoms with Crippen LogP contribution in [0.3, 0.4) is 0 Å². The van der Waals surface area contributed by atoms with Crippen LogP contribution in [0.5, 0.6) is 0 Å². The third-order valence-corrected chi connectivity index (χ3v) is 2.55. The minimum absolute atomic E-state index is 0.130. The van der Waals surface area contributed by atoms with Crippen LogP contribution >= 0.6 is 0 Å². The van der Waals surface area contributed by atoms with Gasteiger partial charge in [-0.1, -0.05) is 0 Å². The van der Waals surface area contributed by atoms with Gasteiger partial charge in [-0.2, -0.15) is 4.98 Å². The highest BCUT2D eigenvalue weighted by Crippen LogP contribution is 2.20. The van der Waals surface area contributed by atoms with Crippen LogP contribution in [0.2, 0.25) is 0 Å². The van der Waals surface area contributed by atoms with Crippen LogP contribution in [0, 0.1) is 0 Å². The fourth-order valence-corrected chi connectivity index (χ4v) is 1.64. The molecular formula is C12H14N2O5. The Balaban J connectivity index is 2.23. The number of nitrogens with one attached hydrogen (secondary N) is 1. The van der Waals surface area contributed by atoms with Gasteiger partial charge in [0, 0.05) is 7.11 Å². The zero-order valence-corrected chi connectivity index (χ0v) is 10.3. The maximum absolute atomic E-state index is 10.8. The predicted molar refractivity (Wildman–Crippen MR) is 67.3 cm³/mol. The standard InChI is InChI=1S/C12H14N2O5/c1-18-6-8(5-15)13-12-14-9-3-2-7(11(16)17)4-10(9)19-12/h2-4,8,15H,5-6H2,1H3,(H,13,14)(H,16,17). The molecule has 0 saturated carbocycles. The Hall–Kier alpha value is -2.12. The highest BCUT2D eigenvalue weighted by Gasteiger charge is 2.13. The van der Waals surface area contributed by atoms with Gasteiger partial charge in [0.25, 0.3) is 6.01 Å². The number of aromatic carboxylic acids is 1. The molecule has 2 aromatic rings. The topological polar surface area (TPSA) is 105 Å². The number of benzene rings is 1. The van der Waals surface area contributed by atoms with Gasteiger partial charge in [-0.25, -0.2) is 4.79 Å². The first-order valence-electron chi connectivity index (χ1n) is 5.64. The maximum atomic E-state index is 10.8. The number of carboxylic acids is 1. The molecule has 102 valence electrons. The summed E-state index contributed by atoms with van der Waals surface area (Å²) in [6.07, 6.45) is 0. The number of ether oxygens (including phenoxy) is 1. The van der Waals surface area contributed by atoms with Gasteiger partial charge in [0.2, 0.25) is 0 Å². The SMILES string of the molecule is COCC(CO)Nc1nc2ccc(C(=O)O)cc2o1. The zero-order valence-electron chi connectivity index (χ0n) is 10.3. The summed E-state index contributed by atoms with van der Waals surface area (Å²) in [4.78, 5) is 15.0. The molecule has 0 fully saturated rings. The first kappa shape index (κ1) is 13.3. The van der Waals surface area contributed by atoms with Gasteiger partial charge in [-0.3, -0.25) is 0 Å². The minimum Gasteiger partial charge on any atom is -0.478 e. The van der Waals surface area contributed by atoms with E-state index in [2.05, 4.69) is 10.3 Å². The monoisotopic (exact) mass is 266 g/mol. The first-order valence-corrected chi connectivity index (χ1v) is 5.64. The number of rotatable bonds is 6. The number of nitrogens with zero attached hydrogens (tertiary/aromatic N) is 1. The third kappa shape index (κ3) is 3.01. The fourth-order valence-electron chi connectivity index (χ4n) is 1.64. The molecule has 7 nitrogen and oxygen atoms in total. The lowest BCUT2D eigenvalue weighted by Crippen LogP contribution is -2.28. The Morgan fingerprint density at radius 3 is 3.00 bits per heavy atom. The zero-order chi connectivity index (χ0) is 13.8. The van der Waals surface area contributed by atoms with Crippen LogP contribution in [0.4, 0.5) is 6.01 Å². The summed E-state index contributed by atoms with van der Waals surface area (Å²) >= 11 is 0. The van der Waals surface area contributed by atoms with Crippen molar-refractivity contribution in [1.29, 1.82) is 0 Å². The maximum Gasteiger partial charge on any atom is 0.335 e. The largest absolute Gasteiger partial charge is 0.478 e. The van der Waals surface area contributed by atoms with E-state index in [0.717, 1.165) is 0 Å². The molecule has 0 saturated heterocycles. The van der Waals surface area contributed by atoms with Gasteiger partial charge in [0.1, 0.15) is 5.52 Å². The highest BCUT2D eigenvalue weighted by atomic mass is 16.5. The Bertz CT molecular complexity index is 581. The second-order valence-electron chi connectivity index (χ2n) is 3.99. The van der Waals surface area contributed by atoms with Crippen LogP contribution in [-0.2, 0) is 4.74 Å².